The van der Waals surface area contributed by atoms with E-state index in [2.05, 4.69) is 15.0 Å². The summed E-state index contributed by atoms with van der Waals surface area (Å²) in [5.41, 5.74) is 0.952. The van der Waals surface area contributed by atoms with Crippen LogP contribution in [0, 0.1) is 11.3 Å². The number of hydrogen-bond acceptors (Lipinski definition) is 5. The molecular weight excluding hydrogens is 236 g/mol. The summed E-state index contributed by atoms with van der Waals surface area (Å²) in [6.07, 6.45) is 5.49. The van der Waals surface area contributed by atoms with Crippen molar-refractivity contribution in [2.75, 3.05) is 19.0 Å². The maximum atomic E-state index is 11.3. The van der Waals surface area contributed by atoms with Gasteiger partial charge in [0, 0.05) is 11.9 Å². The van der Waals surface area contributed by atoms with E-state index in [4.69, 9.17) is 0 Å². The maximum Gasteiger partial charge on any atom is 0.357 e. The molecule has 0 atom stereocenters. The van der Waals surface area contributed by atoms with Gasteiger partial charge in [0.2, 0.25) is 0 Å². The zero-order valence-corrected chi connectivity index (χ0v) is 10.7. The van der Waals surface area contributed by atoms with Gasteiger partial charge in [-0.3, -0.25) is 0 Å². The lowest BCUT2D eigenvalue weighted by molar-refractivity contribution is 0.0595. The van der Waals surface area contributed by atoms with Crippen molar-refractivity contribution < 1.29 is 9.53 Å². The number of anilines is 1. The summed E-state index contributed by atoms with van der Waals surface area (Å²) in [5, 5.41) is 5.94. The first-order valence-corrected chi connectivity index (χ1v) is 6.89. The van der Waals surface area contributed by atoms with Gasteiger partial charge in [-0.1, -0.05) is 0 Å². The zero-order valence-electron chi connectivity index (χ0n) is 9.86. The fourth-order valence-corrected chi connectivity index (χ4v) is 3.07. The van der Waals surface area contributed by atoms with E-state index < -0.39 is 0 Å². The molecule has 0 spiro atoms. The van der Waals surface area contributed by atoms with Crippen LogP contribution in [0.5, 0.6) is 0 Å². The molecule has 2 saturated carbocycles. The maximum absolute atomic E-state index is 11.3. The molecule has 1 heterocycles. The summed E-state index contributed by atoms with van der Waals surface area (Å²) in [6, 6.07) is 0. The van der Waals surface area contributed by atoms with Crippen LogP contribution in [-0.2, 0) is 4.74 Å². The van der Waals surface area contributed by atoms with Gasteiger partial charge in [0.15, 0.2) is 10.8 Å². The molecule has 1 N–H and O–H groups in total. The number of ether oxygens (including phenoxy) is 1. The van der Waals surface area contributed by atoms with Crippen LogP contribution in [0.4, 0.5) is 5.13 Å². The van der Waals surface area contributed by atoms with Gasteiger partial charge >= 0.3 is 5.97 Å². The molecule has 1 aromatic heterocycles. The quantitative estimate of drug-likeness (QED) is 0.818. The van der Waals surface area contributed by atoms with Crippen LogP contribution in [0.25, 0.3) is 0 Å². The molecule has 0 radical (unpaired) electrons. The third-order valence-corrected chi connectivity index (χ3v) is 4.63. The van der Waals surface area contributed by atoms with Gasteiger partial charge in [-0.15, -0.1) is 11.3 Å². The number of hydrogen-bond donors (Lipinski definition) is 1. The number of carbonyl (C=O) groups excluding carboxylic acids is 1. The highest BCUT2D eigenvalue weighted by molar-refractivity contribution is 7.13. The van der Waals surface area contributed by atoms with Crippen molar-refractivity contribution in [3.63, 3.8) is 0 Å². The second kappa shape index (κ2) is 3.98. The lowest BCUT2D eigenvalue weighted by Gasteiger charge is -2.13. The highest BCUT2D eigenvalue weighted by Crippen LogP contribution is 2.61. The third kappa shape index (κ3) is 2.16. The first-order valence-electron chi connectivity index (χ1n) is 6.01. The summed E-state index contributed by atoms with van der Waals surface area (Å²) < 4.78 is 4.63. The smallest absolute Gasteiger partial charge is 0.357 e. The molecular formula is C12H16N2O2S. The van der Waals surface area contributed by atoms with Crippen molar-refractivity contribution in [2.24, 2.45) is 11.3 Å². The first kappa shape index (κ1) is 11.0. The number of methoxy groups -OCH3 is 1. The Morgan fingerprint density at radius 1 is 1.65 bits per heavy atom. The topological polar surface area (TPSA) is 51.2 Å². The van der Waals surface area contributed by atoms with Crippen LogP contribution >= 0.6 is 11.3 Å². The van der Waals surface area contributed by atoms with Gasteiger partial charge < -0.3 is 10.1 Å². The van der Waals surface area contributed by atoms with Crippen molar-refractivity contribution in [3.8, 4) is 0 Å². The number of carbonyl (C=O) groups is 1. The van der Waals surface area contributed by atoms with E-state index in [1.54, 1.807) is 5.38 Å². The number of aromatic nitrogens is 1. The van der Waals surface area contributed by atoms with Crippen LogP contribution in [0.1, 0.15) is 36.2 Å². The summed E-state index contributed by atoms with van der Waals surface area (Å²) in [5.74, 6) is 0.577. The van der Waals surface area contributed by atoms with E-state index >= 15 is 0 Å². The molecule has 3 rings (SSSR count). The van der Waals surface area contributed by atoms with Gasteiger partial charge in [0.1, 0.15) is 0 Å². The van der Waals surface area contributed by atoms with Crippen molar-refractivity contribution in [1.82, 2.24) is 4.98 Å². The Kier molecular flexibility index (Phi) is 2.58. The monoisotopic (exact) mass is 252 g/mol. The van der Waals surface area contributed by atoms with E-state index in [1.165, 1.54) is 44.1 Å². The van der Waals surface area contributed by atoms with Crippen molar-refractivity contribution >= 4 is 22.4 Å². The van der Waals surface area contributed by atoms with Gasteiger partial charge in [-0.05, 0) is 37.0 Å². The van der Waals surface area contributed by atoms with E-state index in [0.717, 1.165) is 17.6 Å². The van der Waals surface area contributed by atoms with Gasteiger partial charge in [-0.2, -0.15) is 0 Å². The predicted octanol–water partition coefficient (Wildman–Crippen LogP) is 2.53. The van der Waals surface area contributed by atoms with Crippen LogP contribution in [0.2, 0.25) is 0 Å². The molecule has 0 aliphatic heterocycles. The molecule has 0 amide bonds. The fourth-order valence-electron chi connectivity index (χ4n) is 2.39. The highest BCUT2D eigenvalue weighted by atomic mass is 32.1. The SMILES string of the molecule is COC(=O)c1csc(NCC2(C3CC3)CC2)n1. The largest absolute Gasteiger partial charge is 0.464 e. The molecule has 4 nitrogen and oxygen atoms in total. The average Bonchev–Trinajstić information content (AvgIpc) is 3.24. The normalized spacial score (nSPS) is 21.0. The summed E-state index contributed by atoms with van der Waals surface area (Å²) in [4.78, 5) is 15.5. The van der Waals surface area contributed by atoms with Gasteiger partial charge in [-0.25, -0.2) is 9.78 Å². The lowest BCUT2D eigenvalue weighted by atomic mass is 10.0. The number of nitrogens with one attached hydrogen (secondary N) is 1. The van der Waals surface area contributed by atoms with E-state index in [9.17, 15) is 4.79 Å². The Bertz CT molecular complexity index is 435. The average molecular weight is 252 g/mol. The van der Waals surface area contributed by atoms with Gasteiger partial charge in [0.05, 0.1) is 7.11 Å². The second-order valence-electron chi connectivity index (χ2n) is 5.02. The molecule has 0 unspecified atom stereocenters. The van der Waals surface area contributed by atoms with E-state index in [0.29, 0.717) is 11.1 Å². The van der Waals surface area contributed by atoms with Gasteiger partial charge in [0.25, 0.3) is 0 Å². The first-order chi connectivity index (χ1) is 8.23. The molecule has 0 bridgehead atoms. The molecule has 1 aromatic rings. The Balaban J connectivity index is 1.58. The fraction of sp³-hybridized carbons (Fsp3) is 0.667. The summed E-state index contributed by atoms with van der Waals surface area (Å²) in [6.45, 7) is 1.01. The molecule has 0 aromatic carbocycles. The Hall–Kier alpha value is -1.10. The van der Waals surface area contributed by atoms with Crippen molar-refractivity contribution in [3.05, 3.63) is 11.1 Å². The number of thiazole rings is 1. The molecule has 2 aliphatic rings. The third-order valence-electron chi connectivity index (χ3n) is 3.83. The summed E-state index contributed by atoms with van der Waals surface area (Å²) >= 11 is 1.47. The minimum atomic E-state index is -0.363. The van der Waals surface area contributed by atoms with Crippen molar-refractivity contribution in [1.29, 1.82) is 0 Å². The summed E-state index contributed by atoms with van der Waals surface area (Å²) in [7, 11) is 1.38. The van der Waals surface area contributed by atoms with Crippen LogP contribution < -0.4 is 5.32 Å². The molecule has 17 heavy (non-hydrogen) atoms. The second-order valence-corrected chi connectivity index (χ2v) is 5.88. The molecule has 2 aliphatic carbocycles. The van der Waals surface area contributed by atoms with E-state index in [1.807, 2.05) is 0 Å². The zero-order chi connectivity index (χ0) is 11.9. The minimum absolute atomic E-state index is 0.363. The molecule has 5 heteroatoms. The molecule has 92 valence electrons. The van der Waals surface area contributed by atoms with Crippen molar-refractivity contribution in [2.45, 2.75) is 25.7 Å². The highest BCUT2D eigenvalue weighted by Gasteiger charge is 2.53. The number of nitrogens with zero attached hydrogens (tertiary/aromatic N) is 1. The van der Waals surface area contributed by atoms with Crippen LogP contribution in [0.3, 0.4) is 0 Å². The van der Waals surface area contributed by atoms with E-state index in [-0.39, 0.29) is 5.97 Å². The molecule has 2 fully saturated rings. The Morgan fingerprint density at radius 2 is 2.41 bits per heavy atom. The predicted molar refractivity (Wildman–Crippen MR) is 66.3 cm³/mol. The standard InChI is InChI=1S/C12H16N2O2S/c1-16-10(15)9-6-17-11(14-9)13-7-12(4-5-12)8-2-3-8/h6,8H,2-5,7H2,1H3,(H,13,14). The van der Waals surface area contributed by atoms with Crippen LogP contribution in [-0.4, -0.2) is 24.6 Å². The number of rotatable bonds is 5. The van der Waals surface area contributed by atoms with Crippen LogP contribution in [0.15, 0.2) is 5.38 Å². The number of esters is 1. The molecule has 0 saturated heterocycles. The lowest BCUT2D eigenvalue weighted by Crippen LogP contribution is -2.17. The Morgan fingerprint density at radius 3 is 3.00 bits per heavy atom. The minimum Gasteiger partial charge on any atom is -0.464 e. The Labute approximate surface area is 104 Å².